The molecule has 0 spiro atoms. The summed E-state index contributed by atoms with van der Waals surface area (Å²) in [5.41, 5.74) is 6.13. The minimum atomic E-state index is 0.0811. The molecule has 1 aromatic rings. The molecule has 110 valence electrons. The summed E-state index contributed by atoms with van der Waals surface area (Å²) in [7, 11) is 0. The predicted molar refractivity (Wildman–Crippen MR) is 78.8 cm³/mol. The first-order valence-corrected chi connectivity index (χ1v) is 7.49. The molecule has 0 saturated carbocycles. The smallest absolute Gasteiger partial charge is 0.141 e. The van der Waals surface area contributed by atoms with E-state index in [4.69, 9.17) is 5.73 Å². The Morgan fingerprint density at radius 2 is 1.95 bits per heavy atom. The molecule has 0 amide bonds. The monoisotopic (exact) mass is 267 g/mol. The zero-order chi connectivity index (χ0) is 14.3. The molecule has 0 aliphatic heterocycles. The van der Waals surface area contributed by atoms with Crippen LogP contribution in [-0.4, -0.2) is 38.3 Å². The Hall–Kier alpha value is -0.940. The molecule has 0 bridgehead atoms. The molecule has 0 atom stereocenters. The van der Waals surface area contributed by atoms with Crippen molar-refractivity contribution in [3.05, 3.63) is 12.2 Å². The second-order valence-corrected chi connectivity index (χ2v) is 5.05. The maximum Gasteiger partial charge on any atom is 0.141 e. The Balaban J connectivity index is 2.89. The first-order chi connectivity index (χ1) is 9.17. The lowest BCUT2D eigenvalue weighted by atomic mass is 9.90. The molecule has 0 aliphatic carbocycles. The number of aryl methyl sites for hydroxylation is 1. The first-order valence-electron chi connectivity index (χ1n) is 7.49. The Labute approximate surface area is 117 Å². The first kappa shape index (κ1) is 16.1. The highest BCUT2D eigenvalue weighted by Gasteiger charge is 2.31. The zero-order valence-corrected chi connectivity index (χ0v) is 12.9. The van der Waals surface area contributed by atoms with Crippen molar-refractivity contribution in [2.24, 2.45) is 5.73 Å². The van der Waals surface area contributed by atoms with Gasteiger partial charge in [-0.1, -0.05) is 27.7 Å². The van der Waals surface area contributed by atoms with Crippen LogP contribution in [0.4, 0.5) is 0 Å². The highest BCUT2D eigenvalue weighted by Crippen LogP contribution is 2.24. The van der Waals surface area contributed by atoms with Crippen molar-refractivity contribution in [2.45, 2.75) is 65.6 Å². The average molecular weight is 267 g/mol. The van der Waals surface area contributed by atoms with E-state index in [1.165, 1.54) is 0 Å². The molecule has 0 aromatic carbocycles. The summed E-state index contributed by atoms with van der Waals surface area (Å²) < 4.78 is 2.01. The standard InChI is InChI=1S/C14H29N5/c1-5-9-19-13(16-12-17-19)10-18(8-4)14(6-2,7-3)11-15/h12H,5-11,15H2,1-4H3. The van der Waals surface area contributed by atoms with Gasteiger partial charge in [-0.15, -0.1) is 0 Å². The number of aromatic nitrogens is 3. The van der Waals surface area contributed by atoms with Crippen molar-refractivity contribution < 1.29 is 0 Å². The molecule has 1 rings (SSSR count). The van der Waals surface area contributed by atoms with Crippen LogP contribution in [0, 0.1) is 0 Å². The van der Waals surface area contributed by atoms with E-state index in [1.54, 1.807) is 6.33 Å². The van der Waals surface area contributed by atoms with Gasteiger partial charge in [-0.05, 0) is 25.8 Å². The van der Waals surface area contributed by atoms with Crippen LogP contribution in [0.15, 0.2) is 6.33 Å². The van der Waals surface area contributed by atoms with Gasteiger partial charge in [-0.2, -0.15) is 5.10 Å². The van der Waals surface area contributed by atoms with E-state index in [0.29, 0.717) is 6.54 Å². The van der Waals surface area contributed by atoms with Gasteiger partial charge >= 0.3 is 0 Å². The maximum absolute atomic E-state index is 6.05. The van der Waals surface area contributed by atoms with Gasteiger partial charge in [0.15, 0.2) is 0 Å². The Morgan fingerprint density at radius 1 is 1.26 bits per heavy atom. The van der Waals surface area contributed by atoms with Crippen molar-refractivity contribution >= 4 is 0 Å². The Kier molecular flexibility index (Phi) is 6.45. The second kappa shape index (κ2) is 7.60. The van der Waals surface area contributed by atoms with E-state index in [9.17, 15) is 0 Å². The molecule has 0 fully saturated rings. The summed E-state index contributed by atoms with van der Waals surface area (Å²) in [5, 5.41) is 4.30. The van der Waals surface area contributed by atoms with E-state index >= 15 is 0 Å². The fourth-order valence-electron chi connectivity index (χ4n) is 2.71. The summed E-state index contributed by atoms with van der Waals surface area (Å²) in [6, 6.07) is 0. The van der Waals surface area contributed by atoms with Crippen LogP contribution in [0.25, 0.3) is 0 Å². The number of nitrogens with zero attached hydrogens (tertiary/aromatic N) is 4. The van der Waals surface area contributed by atoms with Crippen molar-refractivity contribution in [2.75, 3.05) is 13.1 Å². The van der Waals surface area contributed by atoms with E-state index in [-0.39, 0.29) is 5.54 Å². The van der Waals surface area contributed by atoms with Crippen molar-refractivity contribution in [3.8, 4) is 0 Å². The van der Waals surface area contributed by atoms with Crippen LogP contribution in [0.1, 0.15) is 52.8 Å². The van der Waals surface area contributed by atoms with Crippen LogP contribution in [0.3, 0.4) is 0 Å². The molecule has 1 aromatic heterocycles. The van der Waals surface area contributed by atoms with Gasteiger partial charge in [0.25, 0.3) is 0 Å². The second-order valence-electron chi connectivity index (χ2n) is 5.05. The summed E-state index contributed by atoms with van der Waals surface area (Å²) in [6.07, 6.45) is 4.86. The fourth-order valence-corrected chi connectivity index (χ4v) is 2.71. The lowest BCUT2D eigenvalue weighted by Crippen LogP contribution is -2.53. The van der Waals surface area contributed by atoms with Gasteiger partial charge in [-0.3, -0.25) is 4.90 Å². The van der Waals surface area contributed by atoms with Gasteiger partial charge in [0.1, 0.15) is 12.2 Å². The third-order valence-corrected chi connectivity index (χ3v) is 4.21. The number of nitrogens with two attached hydrogens (primary N) is 1. The van der Waals surface area contributed by atoms with Gasteiger partial charge in [0.05, 0.1) is 6.54 Å². The average Bonchev–Trinajstić information content (AvgIpc) is 2.87. The topological polar surface area (TPSA) is 60.0 Å². The molecular weight excluding hydrogens is 238 g/mol. The number of hydrogen-bond donors (Lipinski definition) is 1. The van der Waals surface area contributed by atoms with Crippen LogP contribution in [-0.2, 0) is 13.1 Å². The van der Waals surface area contributed by atoms with Gasteiger partial charge in [0.2, 0.25) is 0 Å². The molecule has 2 N–H and O–H groups in total. The normalized spacial score (nSPS) is 12.3. The van der Waals surface area contributed by atoms with Crippen molar-refractivity contribution in [1.29, 1.82) is 0 Å². The van der Waals surface area contributed by atoms with E-state index < -0.39 is 0 Å². The SMILES string of the molecule is CCCn1ncnc1CN(CC)C(CC)(CC)CN. The summed E-state index contributed by atoms with van der Waals surface area (Å²) in [5.74, 6) is 1.04. The third kappa shape index (κ3) is 3.54. The molecule has 0 unspecified atom stereocenters. The predicted octanol–water partition coefficient (Wildman–Crippen LogP) is 2.03. The molecule has 0 aliphatic rings. The summed E-state index contributed by atoms with van der Waals surface area (Å²) in [4.78, 5) is 6.86. The highest BCUT2D eigenvalue weighted by molar-refractivity contribution is 4.93. The lowest BCUT2D eigenvalue weighted by Gasteiger charge is -2.41. The van der Waals surface area contributed by atoms with Crippen molar-refractivity contribution in [3.63, 3.8) is 0 Å². The van der Waals surface area contributed by atoms with E-state index in [1.807, 2.05) is 4.68 Å². The lowest BCUT2D eigenvalue weighted by molar-refractivity contribution is 0.0784. The van der Waals surface area contributed by atoms with Crippen LogP contribution < -0.4 is 5.73 Å². The third-order valence-electron chi connectivity index (χ3n) is 4.21. The van der Waals surface area contributed by atoms with Crippen molar-refractivity contribution in [1.82, 2.24) is 19.7 Å². The van der Waals surface area contributed by atoms with Crippen LogP contribution in [0.2, 0.25) is 0 Å². The maximum atomic E-state index is 6.05. The quantitative estimate of drug-likeness (QED) is 0.743. The van der Waals surface area contributed by atoms with Gasteiger partial charge < -0.3 is 5.73 Å². The molecule has 19 heavy (non-hydrogen) atoms. The number of hydrogen-bond acceptors (Lipinski definition) is 4. The largest absolute Gasteiger partial charge is 0.329 e. The van der Waals surface area contributed by atoms with Crippen LogP contribution in [0.5, 0.6) is 0 Å². The minimum Gasteiger partial charge on any atom is -0.329 e. The Morgan fingerprint density at radius 3 is 2.42 bits per heavy atom. The number of rotatable bonds is 9. The summed E-state index contributed by atoms with van der Waals surface area (Å²) >= 11 is 0. The van der Waals surface area contributed by atoms with Gasteiger partial charge in [-0.25, -0.2) is 9.67 Å². The molecule has 1 heterocycles. The van der Waals surface area contributed by atoms with E-state index in [2.05, 4.69) is 42.7 Å². The van der Waals surface area contributed by atoms with Gasteiger partial charge in [0, 0.05) is 18.6 Å². The van der Waals surface area contributed by atoms with E-state index in [0.717, 1.165) is 44.7 Å². The molecule has 0 radical (unpaired) electrons. The van der Waals surface area contributed by atoms with Crippen LogP contribution >= 0.6 is 0 Å². The zero-order valence-electron chi connectivity index (χ0n) is 12.9. The fraction of sp³-hybridized carbons (Fsp3) is 0.857. The number of likely N-dealkylation sites (N-methyl/N-ethyl adjacent to an activating group) is 1. The molecular formula is C14H29N5. The molecule has 5 heteroatoms. The molecule has 5 nitrogen and oxygen atoms in total. The minimum absolute atomic E-state index is 0.0811. The molecule has 0 saturated heterocycles. The summed E-state index contributed by atoms with van der Waals surface area (Å²) in [6.45, 7) is 12.2. The highest BCUT2D eigenvalue weighted by atomic mass is 15.4. The Bertz CT molecular complexity index is 348.